The van der Waals surface area contributed by atoms with Crippen LogP contribution in [0.15, 0.2) is 30.5 Å². The predicted molar refractivity (Wildman–Crippen MR) is 51.1 cm³/mol. The number of hydrogen-bond acceptors (Lipinski definition) is 3. The first-order valence-corrected chi connectivity index (χ1v) is 4.51. The van der Waals surface area contributed by atoms with Crippen LogP contribution in [-0.4, -0.2) is 14.8 Å². The van der Waals surface area contributed by atoms with Crippen LogP contribution in [0.1, 0.15) is 11.4 Å². The SMILES string of the molecule is N#Cc1cccn1-c1ccc(C(F)(F)F)nn1. The zero-order chi connectivity index (χ0) is 12.5. The molecule has 86 valence electrons. The van der Waals surface area contributed by atoms with E-state index < -0.39 is 11.9 Å². The third-order valence-electron chi connectivity index (χ3n) is 2.05. The van der Waals surface area contributed by atoms with Crippen LogP contribution in [0.25, 0.3) is 5.82 Å². The lowest BCUT2D eigenvalue weighted by atomic mass is 10.3. The van der Waals surface area contributed by atoms with Crippen LogP contribution >= 0.6 is 0 Å². The Hall–Kier alpha value is -2.36. The molecule has 0 N–H and O–H groups in total. The van der Waals surface area contributed by atoms with Gasteiger partial charge in [0.2, 0.25) is 0 Å². The summed E-state index contributed by atoms with van der Waals surface area (Å²) in [5.74, 6) is 0.166. The first-order chi connectivity index (χ1) is 8.02. The van der Waals surface area contributed by atoms with Crippen LogP contribution in [0.5, 0.6) is 0 Å². The molecule has 4 nitrogen and oxygen atoms in total. The highest BCUT2D eigenvalue weighted by molar-refractivity contribution is 5.33. The summed E-state index contributed by atoms with van der Waals surface area (Å²) in [6, 6.07) is 7.00. The molecule has 0 aliphatic rings. The Labute approximate surface area is 93.9 Å². The van der Waals surface area contributed by atoms with Crippen LogP contribution < -0.4 is 0 Å². The lowest BCUT2D eigenvalue weighted by molar-refractivity contribution is -0.141. The quantitative estimate of drug-likeness (QED) is 0.764. The Kier molecular flexibility index (Phi) is 2.55. The first kappa shape index (κ1) is 11.1. The van der Waals surface area contributed by atoms with Crippen molar-refractivity contribution in [2.75, 3.05) is 0 Å². The van der Waals surface area contributed by atoms with E-state index in [9.17, 15) is 13.2 Å². The lowest BCUT2D eigenvalue weighted by Crippen LogP contribution is -2.10. The summed E-state index contributed by atoms with van der Waals surface area (Å²) < 4.78 is 38.1. The molecule has 7 heteroatoms. The van der Waals surface area contributed by atoms with Crippen LogP contribution in [0.3, 0.4) is 0 Å². The Bertz CT molecular complexity index is 562. The number of alkyl halides is 3. The van der Waals surface area contributed by atoms with E-state index in [0.717, 1.165) is 12.1 Å². The fourth-order valence-electron chi connectivity index (χ4n) is 1.28. The van der Waals surface area contributed by atoms with E-state index in [4.69, 9.17) is 5.26 Å². The summed E-state index contributed by atoms with van der Waals surface area (Å²) >= 11 is 0. The third-order valence-corrected chi connectivity index (χ3v) is 2.05. The van der Waals surface area contributed by atoms with E-state index >= 15 is 0 Å². The van der Waals surface area contributed by atoms with Crippen molar-refractivity contribution in [2.24, 2.45) is 0 Å². The van der Waals surface area contributed by atoms with Crippen molar-refractivity contribution >= 4 is 0 Å². The topological polar surface area (TPSA) is 54.5 Å². The molecule has 0 saturated heterocycles. The smallest absolute Gasteiger partial charge is 0.291 e. The molecular formula is C10H5F3N4. The van der Waals surface area contributed by atoms with Gasteiger partial charge in [0.15, 0.2) is 11.5 Å². The maximum atomic E-state index is 12.2. The van der Waals surface area contributed by atoms with Crippen molar-refractivity contribution in [2.45, 2.75) is 6.18 Å². The molecule has 0 radical (unpaired) electrons. The molecule has 0 fully saturated rings. The molecule has 2 heterocycles. The number of nitrogens with zero attached hydrogens (tertiary/aromatic N) is 4. The van der Waals surface area contributed by atoms with Crippen molar-refractivity contribution < 1.29 is 13.2 Å². The van der Waals surface area contributed by atoms with Gasteiger partial charge in [-0.3, -0.25) is 4.57 Å². The molecule has 0 aliphatic carbocycles. The van der Waals surface area contributed by atoms with Crippen molar-refractivity contribution in [1.29, 1.82) is 5.26 Å². The van der Waals surface area contributed by atoms with Crippen molar-refractivity contribution in [3.63, 3.8) is 0 Å². The Morgan fingerprint density at radius 2 is 1.94 bits per heavy atom. The minimum Gasteiger partial charge on any atom is -0.291 e. The lowest BCUT2D eigenvalue weighted by Gasteiger charge is -2.06. The number of rotatable bonds is 1. The van der Waals surface area contributed by atoms with Crippen LogP contribution in [0, 0.1) is 11.3 Å². The molecule has 2 rings (SSSR count). The van der Waals surface area contributed by atoms with Gasteiger partial charge in [-0.05, 0) is 24.3 Å². The molecule has 2 aromatic heterocycles. The minimum atomic E-state index is -4.51. The average molecular weight is 238 g/mol. The van der Waals surface area contributed by atoms with Gasteiger partial charge in [0.05, 0.1) is 0 Å². The average Bonchev–Trinajstić information content (AvgIpc) is 2.76. The molecule has 0 atom stereocenters. The van der Waals surface area contributed by atoms with Gasteiger partial charge in [0.1, 0.15) is 11.8 Å². The second-order valence-corrected chi connectivity index (χ2v) is 3.15. The van der Waals surface area contributed by atoms with Crippen molar-refractivity contribution in [3.8, 4) is 11.9 Å². The van der Waals surface area contributed by atoms with Gasteiger partial charge in [-0.2, -0.15) is 18.4 Å². The van der Waals surface area contributed by atoms with Gasteiger partial charge in [0, 0.05) is 6.20 Å². The summed E-state index contributed by atoms with van der Waals surface area (Å²) in [6.45, 7) is 0. The first-order valence-electron chi connectivity index (χ1n) is 4.51. The van der Waals surface area contributed by atoms with Gasteiger partial charge in [-0.1, -0.05) is 0 Å². The predicted octanol–water partition coefficient (Wildman–Crippen LogP) is 2.16. The molecule has 0 bridgehead atoms. The summed E-state index contributed by atoms with van der Waals surface area (Å²) in [5.41, 5.74) is -0.786. The number of aromatic nitrogens is 3. The molecule has 0 aromatic carbocycles. The van der Waals surface area contributed by atoms with E-state index in [2.05, 4.69) is 10.2 Å². The Morgan fingerprint density at radius 1 is 1.18 bits per heavy atom. The maximum absolute atomic E-state index is 12.2. The van der Waals surface area contributed by atoms with Crippen molar-refractivity contribution in [3.05, 3.63) is 41.9 Å². The molecule has 2 aromatic rings. The maximum Gasteiger partial charge on any atom is 0.435 e. The molecule has 0 unspecified atom stereocenters. The summed E-state index contributed by atoms with van der Waals surface area (Å²) in [6.07, 6.45) is -2.99. The standard InChI is InChI=1S/C10H5F3N4/c11-10(12,13)8-3-4-9(16-15-8)17-5-1-2-7(17)6-14/h1-5H. The summed E-state index contributed by atoms with van der Waals surface area (Å²) in [4.78, 5) is 0. The number of halogens is 3. The summed E-state index contributed by atoms with van der Waals surface area (Å²) in [5, 5.41) is 15.3. The zero-order valence-electron chi connectivity index (χ0n) is 8.31. The van der Waals surface area contributed by atoms with Gasteiger partial charge < -0.3 is 0 Å². The fourth-order valence-corrected chi connectivity index (χ4v) is 1.28. The zero-order valence-corrected chi connectivity index (χ0v) is 8.31. The van der Waals surface area contributed by atoms with E-state index in [1.807, 2.05) is 6.07 Å². The number of hydrogen-bond donors (Lipinski definition) is 0. The minimum absolute atomic E-state index is 0.166. The second-order valence-electron chi connectivity index (χ2n) is 3.15. The van der Waals surface area contributed by atoms with Gasteiger partial charge >= 0.3 is 6.18 Å². The van der Waals surface area contributed by atoms with Gasteiger partial charge in [-0.15, -0.1) is 10.2 Å². The summed E-state index contributed by atoms with van der Waals surface area (Å²) in [7, 11) is 0. The largest absolute Gasteiger partial charge is 0.435 e. The van der Waals surface area contributed by atoms with E-state index in [1.54, 1.807) is 6.07 Å². The normalized spacial score (nSPS) is 11.2. The van der Waals surface area contributed by atoms with Crippen LogP contribution in [-0.2, 0) is 6.18 Å². The molecular weight excluding hydrogens is 233 g/mol. The van der Waals surface area contributed by atoms with Gasteiger partial charge in [0.25, 0.3) is 0 Å². The Balaban J connectivity index is 2.40. The van der Waals surface area contributed by atoms with Crippen molar-refractivity contribution in [1.82, 2.24) is 14.8 Å². The van der Waals surface area contributed by atoms with Crippen LogP contribution in [0.2, 0.25) is 0 Å². The van der Waals surface area contributed by atoms with E-state index in [1.165, 1.54) is 16.8 Å². The monoisotopic (exact) mass is 238 g/mol. The molecule has 0 amide bonds. The van der Waals surface area contributed by atoms with E-state index in [-0.39, 0.29) is 11.5 Å². The van der Waals surface area contributed by atoms with Crippen LogP contribution in [0.4, 0.5) is 13.2 Å². The number of nitriles is 1. The Morgan fingerprint density at radius 3 is 2.47 bits per heavy atom. The highest BCUT2D eigenvalue weighted by atomic mass is 19.4. The molecule has 17 heavy (non-hydrogen) atoms. The molecule has 0 aliphatic heterocycles. The molecule has 0 spiro atoms. The second kappa shape index (κ2) is 3.90. The van der Waals surface area contributed by atoms with E-state index in [0.29, 0.717) is 0 Å². The highest BCUT2D eigenvalue weighted by Gasteiger charge is 2.32. The highest BCUT2D eigenvalue weighted by Crippen LogP contribution is 2.27. The molecule has 0 saturated carbocycles. The van der Waals surface area contributed by atoms with Gasteiger partial charge in [-0.25, -0.2) is 0 Å². The third kappa shape index (κ3) is 2.10. The fraction of sp³-hybridized carbons (Fsp3) is 0.100.